The fourth-order valence-corrected chi connectivity index (χ4v) is 3.37. The molecular formula is C22H24N4O6. The van der Waals surface area contributed by atoms with Crippen molar-refractivity contribution >= 4 is 29.1 Å². The maximum atomic E-state index is 12.3. The summed E-state index contributed by atoms with van der Waals surface area (Å²) in [6.07, 6.45) is 1.37. The highest BCUT2D eigenvalue weighted by molar-refractivity contribution is 6.39. The average Bonchev–Trinajstić information content (AvgIpc) is 2.82. The van der Waals surface area contributed by atoms with Gasteiger partial charge in [0, 0.05) is 25.7 Å². The van der Waals surface area contributed by atoms with Gasteiger partial charge in [-0.25, -0.2) is 0 Å². The van der Waals surface area contributed by atoms with Crippen molar-refractivity contribution in [2.75, 3.05) is 31.6 Å². The van der Waals surface area contributed by atoms with E-state index < -0.39 is 16.7 Å². The molecule has 2 aromatic carbocycles. The second kappa shape index (κ2) is 10.9. The molecule has 2 N–H and O–H groups in total. The fraction of sp³-hybridized carbons (Fsp3) is 0.318. The summed E-state index contributed by atoms with van der Waals surface area (Å²) in [6, 6.07) is 14.7. The lowest BCUT2D eigenvalue weighted by atomic mass is 9.96. The summed E-state index contributed by atoms with van der Waals surface area (Å²) in [6.45, 7) is 1.34. The first-order valence-electron chi connectivity index (χ1n) is 10.2. The Bertz CT molecular complexity index is 973. The third kappa shape index (κ3) is 6.27. The molecule has 10 nitrogen and oxygen atoms in total. The van der Waals surface area contributed by atoms with Gasteiger partial charge in [-0.15, -0.1) is 0 Å². The lowest BCUT2D eigenvalue weighted by Gasteiger charge is -2.32. The topological polar surface area (TPSA) is 131 Å². The Hall–Kier alpha value is -3.95. The standard InChI is InChI=1S/C22H24N4O6/c27-20(15-32-17-6-2-1-3-7-17)25-12-10-16(11-13-25)14-23-21(28)22(29)24-18-8-4-5-9-19(18)26(30)31/h1-9,16H,10-15H2,(H,23,28)(H,24,29). The molecule has 1 heterocycles. The molecule has 2 aromatic rings. The second-order valence-electron chi connectivity index (χ2n) is 7.36. The third-order valence-electron chi connectivity index (χ3n) is 5.18. The van der Waals surface area contributed by atoms with Crippen LogP contribution in [0, 0.1) is 16.0 Å². The van der Waals surface area contributed by atoms with Gasteiger partial charge < -0.3 is 20.3 Å². The van der Waals surface area contributed by atoms with Crippen molar-refractivity contribution in [3.8, 4) is 5.75 Å². The van der Waals surface area contributed by atoms with Crippen molar-refractivity contribution in [2.24, 2.45) is 5.92 Å². The van der Waals surface area contributed by atoms with Crippen LogP contribution in [0.1, 0.15) is 12.8 Å². The lowest BCUT2D eigenvalue weighted by molar-refractivity contribution is -0.383. The molecule has 0 aliphatic carbocycles. The quantitative estimate of drug-likeness (QED) is 0.384. The van der Waals surface area contributed by atoms with Gasteiger partial charge in [-0.3, -0.25) is 24.5 Å². The van der Waals surface area contributed by atoms with Crippen LogP contribution in [0.4, 0.5) is 11.4 Å². The molecule has 0 atom stereocenters. The van der Waals surface area contributed by atoms with Crippen molar-refractivity contribution in [3.05, 3.63) is 64.7 Å². The summed E-state index contributed by atoms with van der Waals surface area (Å²) in [5.41, 5.74) is -0.330. The minimum absolute atomic E-state index is 0.0305. The fourth-order valence-electron chi connectivity index (χ4n) is 3.37. The summed E-state index contributed by atoms with van der Waals surface area (Å²) in [5, 5.41) is 15.8. The third-order valence-corrected chi connectivity index (χ3v) is 5.18. The Kier molecular flexibility index (Phi) is 7.74. The van der Waals surface area contributed by atoms with E-state index >= 15 is 0 Å². The van der Waals surface area contributed by atoms with Crippen LogP contribution in [-0.2, 0) is 14.4 Å². The maximum absolute atomic E-state index is 12.3. The molecule has 0 radical (unpaired) electrons. The molecule has 1 aliphatic rings. The summed E-state index contributed by atoms with van der Waals surface area (Å²) >= 11 is 0. The zero-order valence-electron chi connectivity index (χ0n) is 17.4. The molecule has 1 saturated heterocycles. The van der Waals surface area contributed by atoms with Gasteiger partial charge in [0.15, 0.2) is 6.61 Å². The number of benzene rings is 2. The van der Waals surface area contributed by atoms with Crippen molar-refractivity contribution < 1.29 is 24.0 Å². The van der Waals surface area contributed by atoms with Gasteiger partial charge in [0.25, 0.3) is 11.6 Å². The van der Waals surface area contributed by atoms with E-state index in [0.717, 1.165) is 0 Å². The van der Waals surface area contributed by atoms with Crippen molar-refractivity contribution in [3.63, 3.8) is 0 Å². The number of likely N-dealkylation sites (tertiary alicyclic amines) is 1. The number of hydrogen-bond donors (Lipinski definition) is 2. The number of amides is 3. The van der Waals surface area contributed by atoms with E-state index in [4.69, 9.17) is 4.74 Å². The molecular weight excluding hydrogens is 416 g/mol. The highest BCUT2D eigenvalue weighted by Gasteiger charge is 2.25. The first-order valence-corrected chi connectivity index (χ1v) is 10.2. The van der Waals surface area contributed by atoms with E-state index in [0.29, 0.717) is 31.7 Å². The number of anilines is 1. The number of carbonyl (C=O) groups is 3. The number of hydrogen-bond acceptors (Lipinski definition) is 6. The monoisotopic (exact) mass is 440 g/mol. The first-order chi connectivity index (χ1) is 15.4. The molecule has 10 heteroatoms. The molecule has 3 amide bonds. The van der Waals surface area contributed by atoms with Crippen LogP contribution in [0.3, 0.4) is 0 Å². The Morgan fingerprint density at radius 3 is 2.34 bits per heavy atom. The van der Waals surface area contributed by atoms with Gasteiger partial charge in [-0.2, -0.15) is 0 Å². The van der Waals surface area contributed by atoms with Gasteiger partial charge in [-0.1, -0.05) is 30.3 Å². The van der Waals surface area contributed by atoms with Gasteiger partial charge in [0.05, 0.1) is 4.92 Å². The summed E-state index contributed by atoms with van der Waals surface area (Å²) < 4.78 is 5.49. The van der Waals surface area contributed by atoms with Crippen LogP contribution >= 0.6 is 0 Å². The summed E-state index contributed by atoms with van der Waals surface area (Å²) in [5.74, 6) is -1.17. The van der Waals surface area contributed by atoms with Crippen LogP contribution < -0.4 is 15.4 Å². The predicted molar refractivity (Wildman–Crippen MR) is 116 cm³/mol. The molecule has 0 spiro atoms. The Morgan fingerprint density at radius 1 is 1.00 bits per heavy atom. The van der Waals surface area contributed by atoms with E-state index in [1.165, 1.54) is 24.3 Å². The highest BCUT2D eigenvalue weighted by Crippen LogP contribution is 2.23. The number of piperidine rings is 1. The molecule has 0 bridgehead atoms. The Labute approximate surface area is 184 Å². The van der Waals surface area contributed by atoms with Gasteiger partial charge >= 0.3 is 11.8 Å². The lowest BCUT2D eigenvalue weighted by Crippen LogP contribution is -2.44. The number of para-hydroxylation sites is 3. The van der Waals surface area contributed by atoms with Crippen molar-refractivity contribution in [1.82, 2.24) is 10.2 Å². The van der Waals surface area contributed by atoms with Crippen LogP contribution in [0.25, 0.3) is 0 Å². The van der Waals surface area contributed by atoms with Crippen molar-refractivity contribution in [2.45, 2.75) is 12.8 Å². The number of nitro benzene ring substituents is 1. The van der Waals surface area contributed by atoms with Crippen LogP contribution in [0.5, 0.6) is 5.75 Å². The van der Waals surface area contributed by atoms with Gasteiger partial charge in [0.1, 0.15) is 11.4 Å². The maximum Gasteiger partial charge on any atom is 0.313 e. The summed E-state index contributed by atoms with van der Waals surface area (Å²) in [4.78, 5) is 48.6. The Balaban J connectivity index is 1.39. The number of nitrogens with zero attached hydrogens (tertiary/aromatic N) is 2. The number of rotatable bonds is 7. The van der Waals surface area contributed by atoms with Crippen molar-refractivity contribution in [1.29, 1.82) is 0 Å². The molecule has 1 fully saturated rings. The van der Waals surface area contributed by atoms with Crippen LogP contribution in [-0.4, -0.2) is 53.8 Å². The van der Waals surface area contributed by atoms with Gasteiger partial charge in [0.2, 0.25) is 0 Å². The smallest absolute Gasteiger partial charge is 0.313 e. The molecule has 168 valence electrons. The molecule has 1 aliphatic heterocycles. The molecule has 0 unspecified atom stereocenters. The zero-order chi connectivity index (χ0) is 22.9. The highest BCUT2D eigenvalue weighted by atomic mass is 16.6. The average molecular weight is 440 g/mol. The van der Waals surface area contributed by atoms with E-state index in [1.54, 1.807) is 17.0 Å². The first kappa shape index (κ1) is 22.7. The molecule has 32 heavy (non-hydrogen) atoms. The number of ether oxygens (including phenoxy) is 1. The van der Waals surface area contributed by atoms with E-state index in [-0.39, 0.29) is 36.4 Å². The zero-order valence-corrected chi connectivity index (χ0v) is 17.4. The summed E-state index contributed by atoms with van der Waals surface area (Å²) in [7, 11) is 0. The predicted octanol–water partition coefficient (Wildman–Crippen LogP) is 1.97. The van der Waals surface area contributed by atoms with E-state index in [1.807, 2.05) is 18.2 Å². The Morgan fingerprint density at radius 2 is 1.66 bits per heavy atom. The van der Waals surface area contributed by atoms with E-state index in [2.05, 4.69) is 10.6 Å². The minimum atomic E-state index is -0.968. The van der Waals surface area contributed by atoms with Gasteiger partial charge in [-0.05, 0) is 37.0 Å². The minimum Gasteiger partial charge on any atom is -0.484 e. The number of nitro groups is 1. The number of carbonyl (C=O) groups excluding carboxylic acids is 3. The molecule has 0 saturated carbocycles. The molecule has 3 rings (SSSR count). The van der Waals surface area contributed by atoms with Crippen LogP contribution in [0.2, 0.25) is 0 Å². The SMILES string of the molecule is O=C(NCC1CCN(C(=O)COc2ccccc2)CC1)C(=O)Nc1ccccc1[N+](=O)[O-]. The number of nitrogens with one attached hydrogen (secondary N) is 2. The second-order valence-corrected chi connectivity index (χ2v) is 7.36. The largest absolute Gasteiger partial charge is 0.484 e. The normalized spacial score (nSPS) is 13.8. The van der Waals surface area contributed by atoms with Crippen LogP contribution in [0.15, 0.2) is 54.6 Å². The van der Waals surface area contributed by atoms with E-state index in [9.17, 15) is 24.5 Å². The molecule has 0 aromatic heterocycles.